The number of nitrogens with one attached hydrogen (secondary N) is 1. The average Bonchev–Trinajstić information content (AvgIpc) is 2.27. The van der Waals surface area contributed by atoms with Crippen LogP contribution >= 0.6 is 0 Å². The molecule has 1 aromatic heterocycles. The Labute approximate surface area is 106 Å². The summed E-state index contributed by atoms with van der Waals surface area (Å²) in [6.07, 6.45) is 1.40. The first-order valence-corrected chi connectivity index (χ1v) is 5.74. The molecule has 0 unspecified atom stereocenters. The van der Waals surface area contributed by atoms with E-state index >= 15 is 0 Å². The molecule has 0 saturated heterocycles. The van der Waals surface area contributed by atoms with E-state index in [1.165, 1.54) is 19.0 Å². The molecule has 1 aromatic carbocycles. The highest BCUT2D eigenvalue weighted by atomic mass is 16.5. The van der Waals surface area contributed by atoms with Crippen molar-refractivity contribution in [3.8, 4) is 17.0 Å². The Morgan fingerprint density at radius 1 is 1.17 bits per heavy atom. The lowest BCUT2D eigenvalue weighted by atomic mass is 9.97. The summed E-state index contributed by atoms with van der Waals surface area (Å²) in [5.41, 5.74) is 4.66. The number of hydrogen-bond donors (Lipinski definition) is 1. The van der Waals surface area contributed by atoms with Gasteiger partial charge in [0.25, 0.3) is 5.56 Å². The SMILES string of the molecule is COc1c(-c2c(C)cc(C)cc2C)nc[nH]c1=O. The molecule has 18 heavy (non-hydrogen) atoms. The van der Waals surface area contributed by atoms with Crippen LogP contribution in [0.25, 0.3) is 11.3 Å². The van der Waals surface area contributed by atoms with Gasteiger partial charge in [-0.2, -0.15) is 0 Å². The van der Waals surface area contributed by atoms with Gasteiger partial charge in [-0.1, -0.05) is 17.7 Å². The summed E-state index contributed by atoms with van der Waals surface area (Å²) in [4.78, 5) is 18.5. The molecule has 2 aromatic rings. The molecular formula is C14H16N2O2. The van der Waals surface area contributed by atoms with Crippen LogP contribution in [0.3, 0.4) is 0 Å². The van der Waals surface area contributed by atoms with E-state index in [1.54, 1.807) is 0 Å². The highest BCUT2D eigenvalue weighted by molar-refractivity contribution is 5.72. The number of nitrogens with zero attached hydrogens (tertiary/aromatic N) is 1. The fraction of sp³-hybridized carbons (Fsp3) is 0.286. The zero-order valence-electron chi connectivity index (χ0n) is 11.0. The summed E-state index contributed by atoms with van der Waals surface area (Å²) in [6, 6.07) is 4.15. The van der Waals surface area contributed by atoms with Crippen LogP contribution in [-0.2, 0) is 0 Å². The zero-order chi connectivity index (χ0) is 13.3. The number of aromatic amines is 1. The first kappa shape index (κ1) is 12.4. The van der Waals surface area contributed by atoms with E-state index in [0.717, 1.165) is 16.7 Å². The van der Waals surface area contributed by atoms with Gasteiger partial charge in [-0.15, -0.1) is 0 Å². The molecule has 0 radical (unpaired) electrons. The third kappa shape index (κ3) is 2.01. The van der Waals surface area contributed by atoms with Crippen molar-refractivity contribution in [2.24, 2.45) is 0 Å². The van der Waals surface area contributed by atoms with E-state index in [4.69, 9.17) is 4.74 Å². The van der Waals surface area contributed by atoms with Crippen molar-refractivity contribution in [3.63, 3.8) is 0 Å². The highest BCUT2D eigenvalue weighted by Crippen LogP contribution is 2.30. The van der Waals surface area contributed by atoms with Gasteiger partial charge >= 0.3 is 0 Å². The van der Waals surface area contributed by atoms with Crippen molar-refractivity contribution < 1.29 is 4.74 Å². The molecule has 0 amide bonds. The molecular weight excluding hydrogens is 228 g/mol. The van der Waals surface area contributed by atoms with E-state index in [2.05, 4.69) is 22.1 Å². The van der Waals surface area contributed by atoms with Gasteiger partial charge < -0.3 is 9.72 Å². The number of aromatic nitrogens is 2. The summed E-state index contributed by atoms with van der Waals surface area (Å²) < 4.78 is 5.16. The second-order valence-corrected chi connectivity index (χ2v) is 4.39. The number of methoxy groups -OCH3 is 1. The molecule has 4 heteroatoms. The molecule has 0 aliphatic heterocycles. The number of H-pyrrole nitrogens is 1. The lowest BCUT2D eigenvalue weighted by Crippen LogP contribution is -2.12. The van der Waals surface area contributed by atoms with Gasteiger partial charge in [-0.3, -0.25) is 4.79 Å². The van der Waals surface area contributed by atoms with Gasteiger partial charge in [0.05, 0.1) is 13.4 Å². The van der Waals surface area contributed by atoms with Crippen molar-refractivity contribution in [1.29, 1.82) is 0 Å². The Kier molecular flexibility index (Phi) is 3.19. The molecule has 0 atom stereocenters. The minimum Gasteiger partial charge on any atom is -0.490 e. The maximum Gasteiger partial charge on any atom is 0.293 e. The zero-order valence-corrected chi connectivity index (χ0v) is 11.0. The summed E-state index contributed by atoms with van der Waals surface area (Å²) in [6.45, 7) is 6.07. The quantitative estimate of drug-likeness (QED) is 0.882. The molecule has 0 bridgehead atoms. The third-order valence-corrected chi connectivity index (χ3v) is 2.93. The van der Waals surface area contributed by atoms with Gasteiger partial charge in [0.2, 0.25) is 5.75 Å². The molecule has 2 rings (SSSR count). The maximum absolute atomic E-state index is 11.7. The van der Waals surface area contributed by atoms with Gasteiger partial charge in [0.1, 0.15) is 5.69 Å². The van der Waals surface area contributed by atoms with E-state index in [-0.39, 0.29) is 11.3 Å². The number of ether oxygens (including phenoxy) is 1. The summed E-state index contributed by atoms with van der Waals surface area (Å²) >= 11 is 0. The summed E-state index contributed by atoms with van der Waals surface area (Å²) in [5.74, 6) is 0.257. The standard InChI is InChI=1S/C14H16N2O2/c1-8-5-9(2)11(10(3)6-8)12-13(18-4)14(17)16-7-15-12/h5-7H,1-4H3,(H,15,16,17). The molecule has 0 saturated carbocycles. The number of aryl methyl sites for hydroxylation is 3. The molecule has 1 heterocycles. The number of rotatable bonds is 2. The maximum atomic E-state index is 11.7. The average molecular weight is 244 g/mol. The Morgan fingerprint density at radius 3 is 2.33 bits per heavy atom. The molecule has 0 aliphatic carbocycles. The van der Waals surface area contributed by atoms with Crippen molar-refractivity contribution in [3.05, 3.63) is 45.5 Å². The Hall–Kier alpha value is -2.10. The van der Waals surface area contributed by atoms with Crippen LogP contribution in [0.5, 0.6) is 5.75 Å². The molecule has 0 fully saturated rings. The molecule has 94 valence electrons. The molecule has 1 N–H and O–H groups in total. The summed E-state index contributed by atoms with van der Waals surface area (Å²) in [5, 5.41) is 0. The van der Waals surface area contributed by atoms with Crippen molar-refractivity contribution in [2.75, 3.05) is 7.11 Å². The van der Waals surface area contributed by atoms with Crippen molar-refractivity contribution in [2.45, 2.75) is 20.8 Å². The highest BCUT2D eigenvalue weighted by Gasteiger charge is 2.15. The first-order chi connectivity index (χ1) is 8.54. The normalized spacial score (nSPS) is 10.4. The Morgan fingerprint density at radius 2 is 1.78 bits per heavy atom. The van der Waals surface area contributed by atoms with Gasteiger partial charge in [0.15, 0.2) is 0 Å². The van der Waals surface area contributed by atoms with Crippen LogP contribution in [-0.4, -0.2) is 17.1 Å². The lowest BCUT2D eigenvalue weighted by Gasteiger charge is -2.12. The Bertz CT molecular complexity index is 621. The van der Waals surface area contributed by atoms with Gasteiger partial charge in [-0.05, 0) is 31.9 Å². The lowest BCUT2D eigenvalue weighted by molar-refractivity contribution is 0.408. The van der Waals surface area contributed by atoms with Crippen LogP contribution in [0.1, 0.15) is 16.7 Å². The van der Waals surface area contributed by atoms with Crippen molar-refractivity contribution in [1.82, 2.24) is 9.97 Å². The second-order valence-electron chi connectivity index (χ2n) is 4.39. The van der Waals surface area contributed by atoms with E-state index in [0.29, 0.717) is 5.69 Å². The summed E-state index contributed by atoms with van der Waals surface area (Å²) in [7, 11) is 1.48. The predicted octanol–water partition coefficient (Wildman–Crippen LogP) is 2.37. The fourth-order valence-corrected chi connectivity index (χ4v) is 2.31. The Balaban J connectivity index is 2.78. The number of benzene rings is 1. The number of hydrogen-bond acceptors (Lipinski definition) is 3. The van der Waals surface area contributed by atoms with Crippen molar-refractivity contribution >= 4 is 0 Å². The molecule has 0 aliphatic rings. The van der Waals surface area contributed by atoms with Crippen LogP contribution in [0, 0.1) is 20.8 Å². The van der Waals surface area contributed by atoms with E-state index in [9.17, 15) is 4.79 Å². The predicted molar refractivity (Wildman–Crippen MR) is 71.1 cm³/mol. The van der Waals surface area contributed by atoms with E-state index < -0.39 is 0 Å². The second kappa shape index (κ2) is 4.64. The van der Waals surface area contributed by atoms with Crippen LogP contribution in [0.15, 0.2) is 23.3 Å². The minimum absolute atomic E-state index is 0.257. The largest absolute Gasteiger partial charge is 0.490 e. The van der Waals surface area contributed by atoms with E-state index in [1.807, 2.05) is 20.8 Å². The first-order valence-electron chi connectivity index (χ1n) is 5.74. The molecule has 4 nitrogen and oxygen atoms in total. The van der Waals surface area contributed by atoms with Gasteiger partial charge in [0, 0.05) is 5.56 Å². The third-order valence-electron chi connectivity index (χ3n) is 2.93. The van der Waals surface area contributed by atoms with Gasteiger partial charge in [-0.25, -0.2) is 4.98 Å². The smallest absolute Gasteiger partial charge is 0.293 e. The van der Waals surface area contributed by atoms with Crippen LogP contribution in [0.2, 0.25) is 0 Å². The van der Waals surface area contributed by atoms with Crippen LogP contribution < -0.4 is 10.3 Å². The molecule has 0 spiro atoms. The monoisotopic (exact) mass is 244 g/mol. The fourth-order valence-electron chi connectivity index (χ4n) is 2.31. The minimum atomic E-state index is -0.262. The van der Waals surface area contributed by atoms with Crippen LogP contribution in [0.4, 0.5) is 0 Å². The topological polar surface area (TPSA) is 55.0 Å².